The number of carbonyl (C=O) groups excluding carboxylic acids is 1. The van der Waals surface area contributed by atoms with Crippen LogP contribution in [0.25, 0.3) is 0 Å². The van der Waals surface area contributed by atoms with E-state index in [1.807, 2.05) is 0 Å². The van der Waals surface area contributed by atoms with Crippen molar-refractivity contribution in [1.82, 2.24) is 10.3 Å². The average Bonchev–Trinajstić information content (AvgIpc) is 2.91. The summed E-state index contributed by atoms with van der Waals surface area (Å²) in [7, 11) is 0. The molecule has 2 aromatic rings. The summed E-state index contributed by atoms with van der Waals surface area (Å²) in [5, 5.41) is 2.64. The Morgan fingerprint density at radius 3 is 2.60 bits per heavy atom. The minimum atomic E-state index is -4.39. The van der Waals surface area contributed by atoms with E-state index in [1.54, 1.807) is 31.3 Å². The number of benzene rings is 1. The monoisotopic (exact) mass is 282 g/mol. The van der Waals surface area contributed by atoms with Crippen molar-refractivity contribution in [2.24, 2.45) is 0 Å². The van der Waals surface area contributed by atoms with Crippen LogP contribution in [0, 0.1) is 0 Å². The van der Waals surface area contributed by atoms with Crippen molar-refractivity contribution < 1.29 is 18.0 Å². The molecule has 0 fully saturated rings. The summed E-state index contributed by atoms with van der Waals surface area (Å²) in [5.74, 6) is -0.361. The number of carbonyl (C=O) groups is 1. The van der Waals surface area contributed by atoms with Crippen molar-refractivity contribution in [2.75, 3.05) is 0 Å². The number of rotatable bonds is 3. The molecule has 0 spiro atoms. The Bertz CT molecular complexity index is 591. The Morgan fingerprint density at radius 1 is 1.25 bits per heavy atom. The van der Waals surface area contributed by atoms with Gasteiger partial charge in [0.25, 0.3) is 5.91 Å². The van der Waals surface area contributed by atoms with Crippen LogP contribution in [-0.2, 0) is 6.18 Å². The standard InChI is InChI=1S/C14H13F3N2O/c1-9(19-13(20)12-6-3-7-18-12)10-4-2-5-11(8-10)14(15,16)17/h2-9,18H,1H3,(H,19,20). The van der Waals surface area contributed by atoms with Gasteiger partial charge in [-0.05, 0) is 36.8 Å². The predicted octanol–water partition coefficient (Wildman–Crippen LogP) is 3.52. The molecule has 1 aromatic heterocycles. The second kappa shape index (κ2) is 5.40. The Morgan fingerprint density at radius 2 is 2.00 bits per heavy atom. The van der Waals surface area contributed by atoms with Crippen molar-refractivity contribution in [3.05, 3.63) is 59.4 Å². The van der Waals surface area contributed by atoms with Gasteiger partial charge in [-0.15, -0.1) is 0 Å². The molecule has 1 amide bonds. The summed E-state index contributed by atoms with van der Waals surface area (Å²) < 4.78 is 37.9. The third kappa shape index (κ3) is 3.20. The molecule has 0 saturated carbocycles. The van der Waals surface area contributed by atoms with Crippen LogP contribution in [0.2, 0.25) is 0 Å². The first-order valence-electron chi connectivity index (χ1n) is 5.99. The topological polar surface area (TPSA) is 44.9 Å². The maximum absolute atomic E-state index is 12.6. The molecule has 2 rings (SSSR count). The van der Waals surface area contributed by atoms with Crippen LogP contribution in [0.5, 0.6) is 0 Å². The van der Waals surface area contributed by atoms with Crippen molar-refractivity contribution in [2.45, 2.75) is 19.1 Å². The summed E-state index contributed by atoms with van der Waals surface area (Å²) in [6.45, 7) is 1.64. The van der Waals surface area contributed by atoms with Crippen LogP contribution in [0.15, 0.2) is 42.6 Å². The lowest BCUT2D eigenvalue weighted by Crippen LogP contribution is -2.27. The number of alkyl halides is 3. The van der Waals surface area contributed by atoms with E-state index < -0.39 is 17.8 Å². The van der Waals surface area contributed by atoms with Gasteiger partial charge >= 0.3 is 6.18 Å². The van der Waals surface area contributed by atoms with Gasteiger partial charge in [0.1, 0.15) is 5.69 Å². The molecular weight excluding hydrogens is 269 g/mol. The Hall–Kier alpha value is -2.24. The lowest BCUT2D eigenvalue weighted by Gasteiger charge is -2.15. The van der Waals surface area contributed by atoms with Gasteiger partial charge in [-0.2, -0.15) is 13.2 Å². The van der Waals surface area contributed by atoms with Crippen LogP contribution in [0.4, 0.5) is 13.2 Å². The minimum absolute atomic E-state index is 0.361. The summed E-state index contributed by atoms with van der Waals surface area (Å²) in [6, 6.07) is 7.67. The number of aromatic nitrogens is 1. The highest BCUT2D eigenvalue weighted by atomic mass is 19.4. The SMILES string of the molecule is CC(NC(=O)c1ccc[nH]1)c1cccc(C(F)(F)F)c1. The molecule has 0 aliphatic heterocycles. The highest BCUT2D eigenvalue weighted by Crippen LogP contribution is 2.30. The molecule has 1 unspecified atom stereocenters. The van der Waals surface area contributed by atoms with Gasteiger partial charge in [-0.3, -0.25) is 4.79 Å². The zero-order chi connectivity index (χ0) is 14.8. The van der Waals surface area contributed by atoms with Crippen LogP contribution in [-0.4, -0.2) is 10.9 Å². The molecule has 1 atom stereocenters. The van der Waals surface area contributed by atoms with E-state index in [2.05, 4.69) is 10.3 Å². The molecule has 6 heteroatoms. The van der Waals surface area contributed by atoms with Crippen LogP contribution in [0.1, 0.15) is 34.6 Å². The Labute approximate surface area is 113 Å². The van der Waals surface area contributed by atoms with Crippen molar-refractivity contribution in [3.8, 4) is 0 Å². The molecular formula is C14H13F3N2O. The second-order valence-electron chi connectivity index (χ2n) is 4.40. The lowest BCUT2D eigenvalue weighted by atomic mass is 10.0. The molecule has 106 valence electrons. The van der Waals surface area contributed by atoms with Crippen LogP contribution in [0.3, 0.4) is 0 Å². The zero-order valence-electron chi connectivity index (χ0n) is 10.7. The third-order valence-corrected chi connectivity index (χ3v) is 2.90. The molecule has 0 aliphatic carbocycles. The first-order valence-corrected chi connectivity index (χ1v) is 5.99. The lowest BCUT2D eigenvalue weighted by molar-refractivity contribution is -0.137. The van der Waals surface area contributed by atoms with Gasteiger partial charge in [0.2, 0.25) is 0 Å². The quantitative estimate of drug-likeness (QED) is 0.888. The molecule has 20 heavy (non-hydrogen) atoms. The highest BCUT2D eigenvalue weighted by molar-refractivity contribution is 5.92. The van der Waals surface area contributed by atoms with Gasteiger partial charge in [-0.25, -0.2) is 0 Å². The smallest absolute Gasteiger partial charge is 0.357 e. The number of hydrogen-bond donors (Lipinski definition) is 2. The summed E-state index contributed by atoms with van der Waals surface area (Å²) in [6.07, 6.45) is -2.79. The second-order valence-corrected chi connectivity index (χ2v) is 4.40. The van der Waals surface area contributed by atoms with E-state index in [9.17, 15) is 18.0 Å². The number of nitrogens with one attached hydrogen (secondary N) is 2. The minimum Gasteiger partial charge on any atom is -0.357 e. The van der Waals surface area contributed by atoms with E-state index >= 15 is 0 Å². The predicted molar refractivity (Wildman–Crippen MR) is 68.1 cm³/mol. The number of aromatic amines is 1. The number of H-pyrrole nitrogens is 1. The zero-order valence-corrected chi connectivity index (χ0v) is 10.7. The Balaban J connectivity index is 2.13. The summed E-state index contributed by atoms with van der Waals surface area (Å²) >= 11 is 0. The molecule has 0 bridgehead atoms. The average molecular weight is 282 g/mol. The van der Waals surface area contributed by atoms with Gasteiger partial charge < -0.3 is 10.3 Å². The molecule has 1 aromatic carbocycles. The van der Waals surface area contributed by atoms with E-state index in [4.69, 9.17) is 0 Å². The van der Waals surface area contributed by atoms with E-state index in [-0.39, 0.29) is 5.91 Å². The van der Waals surface area contributed by atoms with Crippen molar-refractivity contribution in [3.63, 3.8) is 0 Å². The fourth-order valence-electron chi connectivity index (χ4n) is 1.81. The molecule has 0 radical (unpaired) electrons. The fourth-order valence-corrected chi connectivity index (χ4v) is 1.81. The fraction of sp³-hybridized carbons (Fsp3) is 0.214. The van der Waals surface area contributed by atoms with E-state index in [0.29, 0.717) is 11.3 Å². The highest BCUT2D eigenvalue weighted by Gasteiger charge is 2.30. The molecule has 0 saturated heterocycles. The number of amides is 1. The first-order chi connectivity index (χ1) is 9.38. The largest absolute Gasteiger partial charge is 0.416 e. The van der Waals surface area contributed by atoms with E-state index in [1.165, 1.54) is 6.07 Å². The first kappa shape index (κ1) is 14.2. The van der Waals surface area contributed by atoms with Gasteiger partial charge in [-0.1, -0.05) is 12.1 Å². The molecule has 2 N–H and O–H groups in total. The molecule has 3 nitrogen and oxygen atoms in total. The van der Waals surface area contributed by atoms with Gasteiger partial charge in [0.05, 0.1) is 11.6 Å². The van der Waals surface area contributed by atoms with Crippen molar-refractivity contribution >= 4 is 5.91 Å². The van der Waals surface area contributed by atoms with Crippen molar-refractivity contribution in [1.29, 1.82) is 0 Å². The molecule has 1 heterocycles. The van der Waals surface area contributed by atoms with E-state index in [0.717, 1.165) is 12.1 Å². The van der Waals surface area contributed by atoms with Gasteiger partial charge in [0, 0.05) is 6.20 Å². The summed E-state index contributed by atoms with van der Waals surface area (Å²) in [4.78, 5) is 14.5. The molecule has 0 aliphatic rings. The number of hydrogen-bond acceptors (Lipinski definition) is 1. The number of halogens is 3. The Kier molecular flexibility index (Phi) is 3.83. The normalized spacial score (nSPS) is 13.0. The maximum atomic E-state index is 12.6. The third-order valence-electron chi connectivity index (χ3n) is 2.90. The van der Waals surface area contributed by atoms with Crippen LogP contribution >= 0.6 is 0 Å². The maximum Gasteiger partial charge on any atom is 0.416 e. The summed E-state index contributed by atoms with van der Waals surface area (Å²) in [5.41, 5.74) is 0.0412. The van der Waals surface area contributed by atoms with Gasteiger partial charge in [0.15, 0.2) is 0 Å². The van der Waals surface area contributed by atoms with Crippen LogP contribution < -0.4 is 5.32 Å².